The highest BCUT2D eigenvalue weighted by molar-refractivity contribution is 5.89. The maximum absolute atomic E-state index is 13.3. The van der Waals surface area contributed by atoms with Crippen LogP contribution in [0.4, 0.5) is 0 Å². The molecule has 1 aliphatic heterocycles. The van der Waals surface area contributed by atoms with Gasteiger partial charge in [-0.1, -0.05) is 81.0 Å². The van der Waals surface area contributed by atoms with Gasteiger partial charge in [0.1, 0.15) is 18.4 Å². The summed E-state index contributed by atoms with van der Waals surface area (Å²) >= 11 is 0. The molecule has 0 bridgehead atoms. The maximum atomic E-state index is 13.3. The van der Waals surface area contributed by atoms with Gasteiger partial charge in [0, 0.05) is 19.5 Å². The number of amides is 2. The van der Waals surface area contributed by atoms with Gasteiger partial charge in [-0.2, -0.15) is 0 Å². The van der Waals surface area contributed by atoms with E-state index in [1.165, 1.54) is 38.5 Å². The van der Waals surface area contributed by atoms with Crippen molar-refractivity contribution in [1.82, 2.24) is 15.5 Å². The standard InChI is InChI=1S/C32H46N4O3/c33-29(22-25-10-4-1-5-11-25)31(37)35-30(32(38)34-18-21-36-19-8-3-9-20-36)23-26-14-16-28(17-15-26)39-24-27-12-6-2-7-13-27/h2,6-7,12-17,25,29-30H,1,3-5,8-11,18-24,33H2,(H,34,38)(H,35,37). The Morgan fingerprint density at radius 2 is 1.56 bits per heavy atom. The van der Waals surface area contributed by atoms with Crippen LogP contribution in [0.5, 0.6) is 5.75 Å². The molecule has 7 nitrogen and oxygen atoms in total. The topological polar surface area (TPSA) is 96.7 Å². The molecule has 2 fully saturated rings. The third-order valence-electron chi connectivity index (χ3n) is 8.07. The number of ether oxygens (including phenoxy) is 1. The largest absolute Gasteiger partial charge is 0.489 e. The average Bonchev–Trinajstić information content (AvgIpc) is 2.98. The van der Waals surface area contributed by atoms with Crippen LogP contribution in [-0.2, 0) is 22.6 Å². The monoisotopic (exact) mass is 534 g/mol. The Balaban J connectivity index is 1.33. The highest BCUT2D eigenvalue weighted by Gasteiger charge is 2.26. The van der Waals surface area contributed by atoms with Crippen LogP contribution in [-0.4, -0.2) is 55.0 Å². The summed E-state index contributed by atoms with van der Waals surface area (Å²) in [5.74, 6) is 0.873. The molecule has 39 heavy (non-hydrogen) atoms. The lowest BCUT2D eigenvalue weighted by Gasteiger charge is -2.27. The normalized spacial score (nSPS) is 18.2. The fourth-order valence-corrected chi connectivity index (χ4v) is 5.72. The van der Waals surface area contributed by atoms with Gasteiger partial charge in [-0.3, -0.25) is 9.59 Å². The van der Waals surface area contributed by atoms with Gasteiger partial charge < -0.3 is 26.0 Å². The molecular formula is C32H46N4O3. The predicted octanol–water partition coefficient (Wildman–Crippen LogP) is 4.19. The lowest BCUT2D eigenvalue weighted by Crippen LogP contribution is -2.53. The molecule has 2 unspecified atom stereocenters. The predicted molar refractivity (Wildman–Crippen MR) is 155 cm³/mol. The van der Waals surface area contributed by atoms with Crippen LogP contribution in [0.15, 0.2) is 54.6 Å². The highest BCUT2D eigenvalue weighted by Crippen LogP contribution is 2.27. The van der Waals surface area contributed by atoms with E-state index in [1.54, 1.807) is 0 Å². The second kappa shape index (κ2) is 15.6. The van der Waals surface area contributed by atoms with Gasteiger partial charge >= 0.3 is 0 Å². The van der Waals surface area contributed by atoms with E-state index in [-0.39, 0.29) is 11.8 Å². The summed E-state index contributed by atoms with van der Waals surface area (Å²) in [6.07, 6.45) is 10.8. The molecule has 1 aliphatic carbocycles. The number of hydrogen-bond acceptors (Lipinski definition) is 5. The van der Waals surface area contributed by atoms with Crippen LogP contribution < -0.4 is 21.1 Å². The molecule has 1 saturated heterocycles. The molecule has 1 saturated carbocycles. The first-order valence-electron chi connectivity index (χ1n) is 14.9. The fraction of sp³-hybridized carbons (Fsp3) is 0.562. The average molecular weight is 535 g/mol. The van der Waals surface area contributed by atoms with Crippen molar-refractivity contribution in [3.8, 4) is 5.75 Å². The van der Waals surface area contributed by atoms with Gasteiger partial charge in [-0.15, -0.1) is 0 Å². The van der Waals surface area contributed by atoms with E-state index in [1.807, 2.05) is 54.6 Å². The van der Waals surface area contributed by atoms with Crippen molar-refractivity contribution in [3.63, 3.8) is 0 Å². The molecule has 2 atom stereocenters. The number of nitrogens with two attached hydrogens (primary N) is 1. The third-order valence-corrected chi connectivity index (χ3v) is 8.07. The van der Waals surface area contributed by atoms with Crippen LogP contribution in [0.25, 0.3) is 0 Å². The number of nitrogens with one attached hydrogen (secondary N) is 2. The summed E-state index contributed by atoms with van der Waals surface area (Å²) < 4.78 is 5.91. The Labute approximate surface area is 233 Å². The zero-order valence-corrected chi connectivity index (χ0v) is 23.3. The SMILES string of the molecule is NC(CC1CCCCC1)C(=O)NC(Cc1ccc(OCc2ccccc2)cc1)C(=O)NCCN1CCCCC1. The summed E-state index contributed by atoms with van der Waals surface area (Å²) in [6.45, 7) is 4.08. The van der Waals surface area contributed by atoms with E-state index in [2.05, 4.69) is 15.5 Å². The number of nitrogens with zero attached hydrogens (tertiary/aromatic N) is 1. The molecule has 212 valence electrons. The lowest BCUT2D eigenvalue weighted by molar-refractivity contribution is -0.129. The number of benzene rings is 2. The second-order valence-electron chi connectivity index (χ2n) is 11.2. The molecule has 2 amide bonds. The minimum Gasteiger partial charge on any atom is -0.489 e. The van der Waals surface area contributed by atoms with Gasteiger partial charge in [-0.05, 0) is 61.5 Å². The molecule has 4 N–H and O–H groups in total. The Morgan fingerprint density at radius 1 is 0.872 bits per heavy atom. The maximum Gasteiger partial charge on any atom is 0.242 e. The molecule has 7 heteroatoms. The Hall–Kier alpha value is -2.90. The molecule has 0 radical (unpaired) electrons. The van der Waals surface area contributed by atoms with Gasteiger partial charge in [-0.25, -0.2) is 0 Å². The molecule has 1 heterocycles. The number of hydrogen-bond donors (Lipinski definition) is 3. The van der Waals surface area contributed by atoms with Crippen LogP contribution in [0.2, 0.25) is 0 Å². The van der Waals surface area contributed by atoms with Crippen LogP contribution >= 0.6 is 0 Å². The summed E-state index contributed by atoms with van der Waals surface area (Å²) in [5, 5.41) is 6.05. The minimum atomic E-state index is -0.674. The number of carbonyl (C=O) groups excluding carboxylic acids is 2. The zero-order chi connectivity index (χ0) is 27.3. The van der Waals surface area contributed by atoms with E-state index in [0.29, 0.717) is 31.9 Å². The van der Waals surface area contributed by atoms with Gasteiger partial charge in [0.15, 0.2) is 0 Å². The molecule has 2 aliphatic rings. The number of likely N-dealkylation sites (tertiary alicyclic amines) is 1. The second-order valence-corrected chi connectivity index (χ2v) is 11.2. The first-order valence-corrected chi connectivity index (χ1v) is 14.9. The molecule has 0 spiro atoms. The van der Waals surface area contributed by atoms with Crippen LogP contribution in [0.3, 0.4) is 0 Å². The van der Waals surface area contributed by atoms with Crippen LogP contribution in [0, 0.1) is 5.92 Å². The summed E-state index contributed by atoms with van der Waals surface area (Å²) in [6, 6.07) is 16.5. The van der Waals surface area contributed by atoms with Crippen molar-refractivity contribution >= 4 is 11.8 Å². The van der Waals surface area contributed by atoms with E-state index >= 15 is 0 Å². The Bertz CT molecular complexity index is 1000. The first kappa shape index (κ1) is 29.1. The van der Waals surface area contributed by atoms with Gasteiger partial charge in [0.05, 0.1) is 6.04 Å². The van der Waals surface area contributed by atoms with Crippen molar-refractivity contribution in [3.05, 3.63) is 65.7 Å². The van der Waals surface area contributed by atoms with Crippen molar-refractivity contribution in [2.24, 2.45) is 11.7 Å². The van der Waals surface area contributed by atoms with Crippen LogP contribution in [0.1, 0.15) is 68.9 Å². The van der Waals surface area contributed by atoms with Gasteiger partial charge in [0.2, 0.25) is 11.8 Å². The van der Waals surface area contributed by atoms with E-state index < -0.39 is 12.1 Å². The quantitative estimate of drug-likeness (QED) is 0.358. The minimum absolute atomic E-state index is 0.158. The number of piperidine rings is 1. The number of rotatable bonds is 13. The molecule has 4 rings (SSSR count). The Morgan fingerprint density at radius 3 is 2.28 bits per heavy atom. The summed E-state index contributed by atoms with van der Waals surface area (Å²) in [4.78, 5) is 28.7. The highest BCUT2D eigenvalue weighted by atomic mass is 16.5. The van der Waals surface area contributed by atoms with Crippen molar-refractivity contribution in [1.29, 1.82) is 0 Å². The molecule has 2 aromatic rings. The first-order chi connectivity index (χ1) is 19.1. The molecule has 0 aromatic heterocycles. The fourth-order valence-electron chi connectivity index (χ4n) is 5.72. The zero-order valence-electron chi connectivity index (χ0n) is 23.3. The van der Waals surface area contributed by atoms with E-state index in [9.17, 15) is 9.59 Å². The summed E-state index contributed by atoms with van der Waals surface area (Å²) in [7, 11) is 0. The van der Waals surface area contributed by atoms with Crippen molar-refractivity contribution < 1.29 is 14.3 Å². The van der Waals surface area contributed by atoms with Crippen molar-refractivity contribution in [2.75, 3.05) is 26.2 Å². The lowest BCUT2D eigenvalue weighted by atomic mass is 9.85. The van der Waals surface area contributed by atoms with Crippen molar-refractivity contribution in [2.45, 2.75) is 82.9 Å². The molecule has 2 aromatic carbocycles. The van der Waals surface area contributed by atoms with Gasteiger partial charge in [0.25, 0.3) is 0 Å². The Kier molecular flexibility index (Phi) is 11.7. The summed E-state index contributed by atoms with van der Waals surface area (Å²) in [5.41, 5.74) is 8.39. The van der Waals surface area contributed by atoms with E-state index in [4.69, 9.17) is 10.5 Å². The molecular weight excluding hydrogens is 488 g/mol. The third kappa shape index (κ3) is 9.97. The van der Waals surface area contributed by atoms with E-state index in [0.717, 1.165) is 49.4 Å². The number of carbonyl (C=O) groups is 2. The smallest absolute Gasteiger partial charge is 0.242 e.